The molecule has 2 atom stereocenters. The molecule has 2 rings (SSSR count). The average Bonchev–Trinajstić information content (AvgIpc) is 2.14. The van der Waals surface area contributed by atoms with Crippen LogP contribution < -0.4 is 0 Å². The summed E-state index contributed by atoms with van der Waals surface area (Å²) >= 11 is 0. The summed E-state index contributed by atoms with van der Waals surface area (Å²) in [7, 11) is 1.65. The van der Waals surface area contributed by atoms with Crippen LogP contribution in [-0.2, 0) is 4.74 Å². The first-order valence-corrected chi connectivity index (χ1v) is 4.18. The Balaban J connectivity index is 2.08. The van der Waals surface area contributed by atoms with Gasteiger partial charge in [0, 0.05) is 20.2 Å². The molecule has 2 aliphatic rings. The van der Waals surface area contributed by atoms with Crippen molar-refractivity contribution in [2.24, 2.45) is 0 Å². The highest BCUT2D eigenvalue weighted by atomic mass is 19.1. The number of ether oxygens (including phenoxy) is 1. The van der Waals surface area contributed by atoms with Gasteiger partial charge in [0.2, 0.25) is 0 Å². The topological polar surface area (TPSA) is 12.5 Å². The molecular formula is C8H14FNO. The summed E-state index contributed by atoms with van der Waals surface area (Å²) in [5.41, 5.74) is -0.214. The Morgan fingerprint density at radius 3 is 2.91 bits per heavy atom. The molecule has 0 aromatic heterocycles. The minimum Gasteiger partial charge on any atom is -0.383 e. The van der Waals surface area contributed by atoms with Gasteiger partial charge in [-0.1, -0.05) is 0 Å². The minimum absolute atomic E-state index is 0.214. The Morgan fingerprint density at radius 1 is 1.64 bits per heavy atom. The average molecular weight is 159 g/mol. The lowest BCUT2D eigenvalue weighted by Gasteiger charge is -2.48. The molecule has 2 fully saturated rings. The number of nitrogens with zero attached hydrogens (tertiary/aromatic N) is 1. The first-order valence-electron chi connectivity index (χ1n) is 4.18. The van der Waals surface area contributed by atoms with Crippen LogP contribution in [-0.4, -0.2) is 43.4 Å². The van der Waals surface area contributed by atoms with Crippen molar-refractivity contribution >= 4 is 0 Å². The summed E-state index contributed by atoms with van der Waals surface area (Å²) in [6.07, 6.45) is 1.02. The fraction of sp³-hybridized carbons (Fsp3) is 1.00. The molecule has 0 bridgehead atoms. The third kappa shape index (κ3) is 0.842. The molecule has 0 unspecified atom stereocenters. The van der Waals surface area contributed by atoms with Gasteiger partial charge < -0.3 is 4.74 Å². The van der Waals surface area contributed by atoms with Crippen molar-refractivity contribution in [3.8, 4) is 0 Å². The molecule has 0 amide bonds. The second-order valence-corrected chi connectivity index (χ2v) is 3.53. The van der Waals surface area contributed by atoms with Crippen LogP contribution in [0.5, 0.6) is 0 Å². The molecule has 0 radical (unpaired) electrons. The summed E-state index contributed by atoms with van der Waals surface area (Å²) in [6.45, 7) is 2.54. The van der Waals surface area contributed by atoms with E-state index in [1.807, 2.05) is 0 Å². The molecular weight excluding hydrogens is 145 g/mol. The molecule has 2 saturated heterocycles. The molecule has 0 N–H and O–H groups in total. The van der Waals surface area contributed by atoms with Crippen molar-refractivity contribution in [3.63, 3.8) is 0 Å². The fourth-order valence-electron chi connectivity index (χ4n) is 2.29. The van der Waals surface area contributed by atoms with Crippen LogP contribution in [0.2, 0.25) is 0 Å². The Hall–Kier alpha value is -0.150. The lowest BCUT2D eigenvalue weighted by Crippen LogP contribution is -2.62. The van der Waals surface area contributed by atoms with Gasteiger partial charge in [-0.3, -0.25) is 4.90 Å². The van der Waals surface area contributed by atoms with Crippen LogP contribution in [0.15, 0.2) is 0 Å². The van der Waals surface area contributed by atoms with Crippen molar-refractivity contribution in [3.05, 3.63) is 0 Å². The van der Waals surface area contributed by atoms with E-state index in [9.17, 15) is 4.39 Å². The first kappa shape index (κ1) is 7.50. The summed E-state index contributed by atoms with van der Waals surface area (Å²) in [5, 5.41) is 0. The van der Waals surface area contributed by atoms with Gasteiger partial charge in [-0.2, -0.15) is 0 Å². The number of alkyl halides is 1. The van der Waals surface area contributed by atoms with Gasteiger partial charge in [0.05, 0.1) is 12.1 Å². The van der Waals surface area contributed by atoms with Gasteiger partial charge in [-0.25, -0.2) is 4.39 Å². The van der Waals surface area contributed by atoms with Crippen molar-refractivity contribution < 1.29 is 9.13 Å². The largest absolute Gasteiger partial charge is 0.383 e. The van der Waals surface area contributed by atoms with E-state index in [2.05, 4.69) is 4.90 Å². The smallest absolute Gasteiger partial charge is 0.122 e. The fourth-order valence-corrected chi connectivity index (χ4v) is 2.29. The predicted molar refractivity (Wildman–Crippen MR) is 40.3 cm³/mol. The third-order valence-electron chi connectivity index (χ3n) is 3.07. The molecule has 3 heteroatoms. The van der Waals surface area contributed by atoms with Crippen LogP contribution in [0.1, 0.15) is 12.8 Å². The van der Waals surface area contributed by atoms with E-state index in [0.717, 1.165) is 19.5 Å². The van der Waals surface area contributed by atoms with Gasteiger partial charge in [0.15, 0.2) is 0 Å². The number of rotatable bonds is 2. The maximum absolute atomic E-state index is 13.3. The van der Waals surface area contributed by atoms with E-state index in [1.54, 1.807) is 7.11 Å². The lowest BCUT2D eigenvalue weighted by atomic mass is 9.84. The first-order chi connectivity index (χ1) is 5.29. The molecule has 64 valence electrons. The Kier molecular flexibility index (Phi) is 1.65. The van der Waals surface area contributed by atoms with Crippen LogP contribution >= 0.6 is 0 Å². The zero-order valence-electron chi connectivity index (χ0n) is 6.85. The van der Waals surface area contributed by atoms with Crippen LogP contribution in [0.3, 0.4) is 0 Å². The Labute approximate surface area is 66.3 Å². The summed E-state index contributed by atoms with van der Waals surface area (Å²) in [5.74, 6) is 0. The normalized spacial score (nSPS) is 43.6. The van der Waals surface area contributed by atoms with E-state index < -0.39 is 6.17 Å². The summed E-state index contributed by atoms with van der Waals surface area (Å²) in [6, 6.07) is 0. The number of fused-ring (bicyclic) bond motifs is 1. The van der Waals surface area contributed by atoms with E-state index in [4.69, 9.17) is 4.74 Å². The highest BCUT2D eigenvalue weighted by Crippen LogP contribution is 2.42. The number of methoxy groups -OCH3 is 1. The summed E-state index contributed by atoms with van der Waals surface area (Å²) < 4.78 is 18.4. The second kappa shape index (κ2) is 2.42. The van der Waals surface area contributed by atoms with E-state index in [1.165, 1.54) is 0 Å². The summed E-state index contributed by atoms with van der Waals surface area (Å²) in [4.78, 5) is 2.21. The number of halogens is 1. The SMILES string of the molecule is COC[C@]12CCN1CC[C@H]2F. The monoisotopic (exact) mass is 159 g/mol. The zero-order valence-corrected chi connectivity index (χ0v) is 6.85. The van der Waals surface area contributed by atoms with E-state index in [0.29, 0.717) is 13.0 Å². The van der Waals surface area contributed by atoms with E-state index >= 15 is 0 Å². The molecule has 0 spiro atoms. The van der Waals surface area contributed by atoms with E-state index in [-0.39, 0.29) is 5.54 Å². The standard InChI is InChI=1S/C8H14FNO/c1-11-6-8-3-5-10(8)4-2-7(8)9/h7H,2-6H2,1H3/t7-,8+/m1/s1. The second-order valence-electron chi connectivity index (χ2n) is 3.53. The number of hydrogen-bond donors (Lipinski definition) is 0. The molecule has 11 heavy (non-hydrogen) atoms. The van der Waals surface area contributed by atoms with Crippen molar-refractivity contribution in [1.29, 1.82) is 0 Å². The molecule has 2 heterocycles. The van der Waals surface area contributed by atoms with Crippen LogP contribution in [0.25, 0.3) is 0 Å². The quantitative estimate of drug-likeness (QED) is 0.591. The van der Waals surface area contributed by atoms with Gasteiger partial charge in [-0.15, -0.1) is 0 Å². The highest BCUT2D eigenvalue weighted by molar-refractivity contribution is 5.09. The van der Waals surface area contributed by atoms with Crippen molar-refractivity contribution in [1.82, 2.24) is 4.90 Å². The molecule has 0 saturated carbocycles. The van der Waals surface area contributed by atoms with Gasteiger partial charge >= 0.3 is 0 Å². The molecule has 0 aromatic carbocycles. The molecule has 2 nitrogen and oxygen atoms in total. The highest BCUT2D eigenvalue weighted by Gasteiger charge is 2.55. The zero-order chi connectivity index (χ0) is 7.90. The predicted octanol–water partition coefficient (Wildman–Crippen LogP) is 0.819. The van der Waals surface area contributed by atoms with Crippen LogP contribution in [0, 0.1) is 0 Å². The van der Waals surface area contributed by atoms with Gasteiger partial charge in [-0.05, 0) is 12.8 Å². The van der Waals surface area contributed by atoms with Crippen molar-refractivity contribution in [2.75, 3.05) is 26.8 Å². The third-order valence-corrected chi connectivity index (χ3v) is 3.07. The minimum atomic E-state index is -0.656. The molecule has 2 aliphatic heterocycles. The maximum atomic E-state index is 13.3. The lowest BCUT2D eigenvalue weighted by molar-refractivity contribution is -0.0659. The van der Waals surface area contributed by atoms with Crippen LogP contribution in [0.4, 0.5) is 4.39 Å². The van der Waals surface area contributed by atoms with Gasteiger partial charge in [0.1, 0.15) is 6.17 Å². The molecule has 0 aromatic rings. The number of hydrogen-bond acceptors (Lipinski definition) is 2. The maximum Gasteiger partial charge on any atom is 0.122 e. The van der Waals surface area contributed by atoms with Gasteiger partial charge in [0.25, 0.3) is 0 Å². The molecule has 0 aliphatic carbocycles. The Morgan fingerprint density at radius 2 is 2.45 bits per heavy atom. The van der Waals surface area contributed by atoms with Crippen molar-refractivity contribution in [2.45, 2.75) is 24.6 Å². The Bertz CT molecular complexity index is 156.